The molecule has 2 aromatic heterocycles. The highest BCUT2D eigenvalue weighted by Gasteiger charge is 2.28. The summed E-state index contributed by atoms with van der Waals surface area (Å²) in [6.45, 7) is 8.31. The zero-order valence-electron chi connectivity index (χ0n) is 19.0. The van der Waals surface area contributed by atoms with Crippen LogP contribution in [-0.2, 0) is 0 Å². The molecule has 0 spiro atoms. The molecule has 0 radical (unpaired) electrons. The third-order valence-corrected chi connectivity index (χ3v) is 6.80. The van der Waals surface area contributed by atoms with Gasteiger partial charge in [0.1, 0.15) is 17.5 Å². The molecule has 0 aliphatic carbocycles. The van der Waals surface area contributed by atoms with Crippen molar-refractivity contribution >= 4 is 29.2 Å². The van der Waals surface area contributed by atoms with E-state index in [4.69, 9.17) is 21.6 Å². The zero-order valence-corrected chi connectivity index (χ0v) is 19.8. The Morgan fingerprint density at radius 1 is 1.00 bits per heavy atom. The maximum absolute atomic E-state index is 13.9. The van der Waals surface area contributed by atoms with Crippen molar-refractivity contribution in [2.45, 2.75) is 32.7 Å². The molecule has 0 saturated carbocycles. The third kappa shape index (κ3) is 4.47. The molecule has 1 atom stereocenters. The minimum atomic E-state index is -0.203. The molecule has 1 aromatic carbocycles. The van der Waals surface area contributed by atoms with E-state index in [1.807, 2.05) is 24.3 Å². The van der Waals surface area contributed by atoms with Crippen LogP contribution in [0.25, 0.3) is 11.3 Å². The number of piperazine rings is 1. The largest absolute Gasteiger partial charge is 0.352 e. The molecule has 6 nitrogen and oxygen atoms in total. The molecule has 0 N–H and O–H groups in total. The van der Waals surface area contributed by atoms with Crippen LogP contribution in [0.15, 0.2) is 42.6 Å². The van der Waals surface area contributed by atoms with E-state index in [-0.39, 0.29) is 11.9 Å². The quantitative estimate of drug-likeness (QED) is 0.542. The molecule has 3 aromatic rings. The average molecular weight is 467 g/mol. The molecular formula is C25H28ClFN6. The highest BCUT2D eigenvalue weighted by Crippen LogP contribution is 2.31. The molecule has 2 aliphatic heterocycles. The van der Waals surface area contributed by atoms with Gasteiger partial charge in [-0.1, -0.05) is 11.6 Å². The van der Waals surface area contributed by atoms with Gasteiger partial charge >= 0.3 is 0 Å². The van der Waals surface area contributed by atoms with Crippen LogP contribution in [-0.4, -0.2) is 53.7 Å². The molecule has 4 heterocycles. The van der Waals surface area contributed by atoms with Crippen LogP contribution in [0.3, 0.4) is 0 Å². The Hall–Kier alpha value is -2.93. The van der Waals surface area contributed by atoms with Gasteiger partial charge in [-0.05, 0) is 62.6 Å². The van der Waals surface area contributed by atoms with E-state index >= 15 is 0 Å². The molecule has 2 aliphatic rings. The fraction of sp³-hybridized carbons (Fsp3) is 0.400. The minimum Gasteiger partial charge on any atom is -0.352 e. The number of benzene rings is 1. The molecule has 33 heavy (non-hydrogen) atoms. The van der Waals surface area contributed by atoms with E-state index in [1.165, 1.54) is 6.07 Å². The number of halogens is 2. The lowest BCUT2D eigenvalue weighted by Crippen LogP contribution is -2.52. The summed E-state index contributed by atoms with van der Waals surface area (Å²) in [5.74, 6) is 2.28. The lowest BCUT2D eigenvalue weighted by molar-refractivity contribution is 0.542. The Labute approximate surface area is 199 Å². The van der Waals surface area contributed by atoms with Gasteiger partial charge in [-0.3, -0.25) is 0 Å². The van der Waals surface area contributed by atoms with E-state index in [2.05, 4.69) is 26.6 Å². The molecule has 5 rings (SSSR count). The van der Waals surface area contributed by atoms with Crippen LogP contribution in [0.1, 0.15) is 25.3 Å². The Balaban J connectivity index is 1.47. The average Bonchev–Trinajstić information content (AvgIpc) is 3.36. The summed E-state index contributed by atoms with van der Waals surface area (Å²) in [6.07, 6.45) is 4.08. The lowest BCUT2D eigenvalue weighted by atomic mass is 10.1. The first-order valence-electron chi connectivity index (χ1n) is 11.5. The summed E-state index contributed by atoms with van der Waals surface area (Å²) < 4.78 is 13.9. The fourth-order valence-corrected chi connectivity index (χ4v) is 4.92. The second-order valence-electron chi connectivity index (χ2n) is 8.87. The number of hydrogen-bond donors (Lipinski definition) is 0. The highest BCUT2D eigenvalue weighted by molar-refractivity contribution is 6.32. The summed E-state index contributed by atoms with van der Waals surface area (Å²) in [4.78, 5) is 21.1. The van der Waals surface area contributed by atoms with Crippen molar-refractivity contribution in [3.8, 4) is 11.3 Å². The van der Waals surface area contributed by atoms with Gasteiger partial charge in [-0.25, -0.2) is 14.4 Å². The van der Waals surface area contributed by atoms with Crippen LogP contribution < -0.4 is 14.7 Å². The standard InChI is InChI=1S/C25H28ClFN6/c1-17-14-19(7-8-21(17)27)22-15-23(30-25(29-22)31-10-3-4-11-31)33-13-12-32(16-18(33)2)24-20(26)6-5-9-28-24/h5-9,14-15,18H,3-4,10-13,16H2,1-2H3. The Kier molecular flexibility index (Phi) is 6.06. The smallest absolute Gasteiger partial charge is 0.227 e. The molecule has 8 heteroatoms. The van der Waals surface area contributed by atoms with Gasteiger partial charge in [0.2, 0.25) is 5.95 Å². The zero-order chi connectivity index (χ0) is 22.9. The van der Waals surface area contributed by atoms with Gasteiger partial charge in [0.05, 0.1) is 10.7 Å². The van der Waals surface area contributed by atoms with Gasteiger partial charge in [-0.2, -0.15) is 4.98 Å². The molecule has 172 valence electrons. The second kappa shape index (κ2) is 9.14. The van der Waals surface area contributed by atoms with Gasteiger partial charge in [-0.15, -0.1) is 0 Å². The fourth-order valence-electron chi connectivity index (χ4n) is 4.68. The first-order valence-corrected chi connectivity index (χ1v) is 11.9. The second-order valence-corrected chi connectivity index (χ2v) is 9.27. The van der Waals surface area contributed by atoms with E-state index in [1.54, 1.807) is 19.2 Å². The summed E-state index contributed by atoms with van der Waals surface area (Å²) >= 11 is 6.39. The number of aryl methyl sites for hydroxylation is 1. The number of aromatic nitrogens is 3. The van der Waals surface area contributed by atoms with E-state index in [0.29, 0.717) is 10.6 Å². The SMILES string of the molecule is Cc1cc(-c2cc(N3CCN(c4ncccc4Cl)CC3C)nc(N3CCCC3)n2)ccc1F. The minimum absolute atomic E-state index is 0.203. The lowest BCUT2D eigenvalue weighted by Gasteiger charge is -2.41. The molecule has 0 amide bonds. The summed E-state index contributed by atoms with van der Waals surface area (Å²) in [5.41, 5.74) is 2.35. The number of rotatable bonds is 4. The molecule has 0 bridgehead atoms. The molecule has 2 saturated heterocycles. The normalized spacial score (nSPS) is 18.8. The summed E-state index contributed by atoms with van der Waals surface area (Å²) in [5, 5.41) is 0.672. The molecular weight excluding hydrogens is 439 g/mol. The van der Waals surface area contributed by atoms with Gasteiger partial charge in [0.15, 0.2) is 0 Å². The van der Waals surface area contributed by atoms with Gasteiger partial charge in [0.25, 0.3) is 0 Å². The highest BCUT2D eigenvalue weighted by atomic mass is 35.5. The number of anilines is 3. The van der Waals surface area contributed by atoms with Crippen LogP contribution >= 0.6 is 11.6 Å². The van der Waals surface area contributed by atoms with Gasteiger partial charge < -0.3 is 14.7 Å². The predicted octanol–water partition coefficient (Wildman–Crippen LogP) is 4.95. The Morgan fingerprint density at radius 2 is 1.82 bits per heavy atom. The van der Waals surface area contributed by atoms with E-state index in [0.717, 1.165) is 74.4 Å². The third-order valence-electron chi connectivity index (χ3n) is 6.50. The molecule has 1 unspecified atom stereocenters. The summed E-state index contributed by atoms with van der Waals surface area (Å²) in [7, 11) is 0. The van der Waals surface area contributed by atoms with Crippen molar-refractivity contribution < 1.29 is 4.39 Å². The van der Waals surface area contributed by atoms with Crippen molar-refractivity contribution in [2.75, 3.05) is 47.4 Å². The van der Waals surface area contributed by atoms with E-state index < -0.39 is 0 Å². The van der Waals surface area contributed by atoms with Crippen LogP contribution in [0, 0.1) is 12.7 Å². The number of nitrogens with zero attached hydrogens (tertiary/aromatic N) is 6. The Morgan fingerprint density at radius 3 is 2.55 bits per heavy atom. The van der Waals surface area contributed by atoms with Crippen LogP contribution in [0.2, 0.25) is 5.02 Å². The number of pyridine rings is 1. The first-order chi connectivity index (χ1) is 16.0. The predicted molar refractivity (Wildman–Crippen MR) is 132 cm³/mol. The van der Waals surface area contributed by atoms with E-state index in [9.17, 15) is 4.39 Å². The van der Waals surface area contributed by atoms with Gasteiger partial charge in [0, 0.05) is 56.6 Å². The van der Waals surface area contributed by atoms with Crippen LogP contribution in [0.5, 0.6) is 0 Å². The number of hydrogen-bond acceptors (Lipinski definition) is 6. The topological polar surface area (TPSA) is 48.4 Å². The Bertz CT molecular complexity index is 1150. The molecule has 2 fully saturated rings. The summed E-state index contributed by atoms with van der Waals surface area (Å²) in [6, 6.07) is 11.1. The maximum atomic E-state index is 13.9. The van der Waals surface area contributed by atoms with Crippen molar-refractivity contribution in [1.82, 2.24) is 15.0 Å². The maximum Gasteiger partial charge on any atom is 0.227 e. The monoisotopic (exact) mass is 466 g/mol. The van der Waals surface area contributed by atoms with Crippen molar-refractivity contribution in [2.24, 2.45) is 0 Å². The van der Waals surface area contributed by atoms with Crippen molar-refractivity contribution in [1.29, 1.82) is 0 Å². The van der Waals surface area contributed by atoms with Crippen molar-refractivity contribution in [3.63, 3.8) is 0 Å². The van der Waals surface area contributed by atoms with Crippen LogP contribution in [0.4, 0.5) is 22.0 Å². The van der Waals surface area contributed by atoms with Crippen molar-refractivity contribution in [3.05, 3.63) is 59.0 Å². The first kappa shape index (κ1) is 21.9.